The van der Waals surface area contributed by atoms with Gasteiger partial charge in [0.15, 0.2) is 0 Å². The van der Waals surface area contributed by atoms with Crippen LogP contribution in [0, 0.1) is 0 Å². The molecule has 0 amide bonds. The van der Waals surface area contributed by atoms with Crippen LogP contribution >= 0.6 is 50.9 Å². The molecule has 0 aromatic carbocycles. The molecule has 0 saturated carbocycles. The van der Waals surface area contributed by atoms with Crippen molar-refractivity contribution >= 4 is 50.9 Å². The Balaban J connectivity index is 2.56. The molecule has 72 valence electrons. The first kappa shape index (κ1) is 11.6. The molecule has 13 heavy (non-hydrogen) atoms. The second-order valence-electron chi connectivity index (χ2n) is 2.33. The molecule has 0 N–H and O–H groups in total. The first-order chi connectivity index (χ1) is 6.24. The molecule has 0 aliphatic rings. The van der Waals surface area contributed by atoms with Crippen LogP contribution in [0.5, 0.6) is 0 Å². The summed E-state index contributed by atoms with van der Waals surface area (Å²) in [5, 5.41) is 1.61. The normalized spacial score (nSPS) is 10.4. The Labute approximate surface area is 100 Å². The van der Waals surface area contributed by atoms with Gasteiger partial charge in [0, 0.05) is 17.8 Å². The third-order valence-corrected chi connectivity index (χ3v) is 3.72. The van der Waals surface area contributed by atoms with Crippen LogP contribution in [0.4, 0.5) is 0 Å². The lowest BCUT2D eigenvalue weighted by atomic mass is 10.5. The minimum absolute atomic E-state index is 0.647. The van der Waals surface area contributed by atoms with Crippen molar-refractivity contribution in [2.24, 2.45) is 0 Å². The van der Waals surface area contributed by atoms with Gasteiger partial charge in [-0.05, 0) is 28.4 Å². The molecule has 0 aliphatic carbocycles. The van der Waals surface area contributed by atoms with Gasteiger partial charge in [0.1, 0.15) is 5.03 Å². The molecule has 0 spiro atoms. The van der Waals surface area contributed by atoms with Gasteiger partial charge < -0.3 is 0 Å². The first-order valence-electron chi connectivity index (χ1n) is 3.74. The van der Waals surface area contributed by atoms with Crippen molar-refractivity contribution in [1.29, 1.82) is 0 Å². The van der Waals surface area contributed by atoms with Crippen molar-refractivity contribution in [3.05, 3.63) is 21.8 Å². The van der Waals surface area contributed by atoms with E-state index in [1.165, 1.54) is 0 Å². The standard InChI is InChI=1S/C8H8BrCl2NS/c9-7-4-6(11)5-12-8(7)13-3-1-2-10/h4-5H,1-3H2. The van der Waals surface area contributed by atoms with Crippen LogP contribution in [0.1, 0.15) is 6.42 Å². The number of nitrogens with zero attached hydrogens (tertiary/aromatic N) is 1. The van der Waals surface area contributed by atoms with Gasteiger partial charge in [-0.25, -0.2) is 4.98 Å². The van der Waals surface area contributed by atoms with Gasteiger partial charge in [0.25, 0.3) is 0 Å². The molecule has 0 saturated heterocycles. The summed E-state index contributed by atoms with van der Waals surface area (Å²) in [5.74, 6) is 1.68. The SMILES string of the molecule is ClCCCSc1ncc(Cl)cc1Br. The van der Waals surface area contributed by atoms with Crippen LogP contribution in [-0.2, 0) is 0 Å². The van der Waals surface area contributed by atoms with Crippen molar-refractivity contribution < 1.29 is 0 Å². The van der Waals surface area contributed by atoms with Crippen LogP contribution in [0.2, 0.25) is 5.02 Å². The molecular weight excluding hydrogens is 293 g/mol. The number of thioether (sulfide) groups is 1. The number of hydrogen-bond donors (Lipinski definition) is 0. The summed E-state index contributed by atoms with van der Waals surface area (Å²) in [4.78, 5) is 4.19. The fourth-order valence-electron chi connectivity index (χ4n) is 0.732. The Bertz CT molecular complexity index is 283. The van der Waals surface area contributed by atoms with Crippen molar-refractivity contribution in [1.82, 2.24) is 4.98 Å². The zero-order valence-corrected chi connectivity index (χ0v) is 10.7. The van der Waals surface area contributed by atoms with E-state index in [1.54, 1.807) is 18.0 Å². The molecular formula is C8H8BrCl2NS. The molecule has 1 heterocycles. The molecule has 0 bridgehead atoms. The minimum Gasteiger partial charge on any atom is -0.247 e. The predicted octanol–water partition coefficient (Wildman–Crippen LogP) is 4.22. The second-order valence-corrected chi connectivity index (χ2v) is 5.08. The second kappa shape index (κ2) is 6.12. The monoisotopic (exact) mass is 299 g/mol. The lowest BCUT2D eigenvalue weighted by Crippen LogP contribution is -1.85. The van der Waals surface area contributed by atoms with Crippen LogP contribution in [0.15, 0.2) is 21.8 Å². The number of hydrogen-bond acceptors (Lipinski definition) is 2. The highest BCUT2D eigenvalue weighted by Crippen LogP contribution is 2.27. The number of alkyl halides is 1. The summed E-state index contributed by atoms with van der Waals surface area (Å²) in [6, 6.07) is 1.84. The van der Waals surface area contributed by atoms with Crippen molar-refractivity contribution in [2.75, 3.05) is 11.6 Å². The summed E-state index contributed by atoms with van der Waals surface area (Å²) in [6.45, 7) is 0. The van der Waals surface area contributed by atoms with E-state index in [-0.39, 0.29) is 0 Å². The van der Waals surface area contributed by atoms with E-state index >= 15 is 0 Å². The summed E-state index contributed by atoms with van der Waals surface area (Å²) in [6.07, 6.45) is 2.64. The van der Waals surface area contributed by atoms with Crippen LogP contribution in [0.3, 0.4) is 0 Å². The van der Waals surface area contributed by atoms with E-state index in [2.05, 4.69) is 20.9 Å². The Morgan fingerprint density at radius 3 is 2.92 bits per heavy atom. The molecule has 0 fully saturated rings. The molecule has 0 unspecified atom stereocenters. The van der Waals surface area contributed by atoms with Gasteiger partial charge in [-0.3, -0.25) is 0 Å². The lowest BCUT2D eigenvalue weighted by Gasteiger charge is -2.01. The fourth-order valence-corrected chi connectivity index (χ4v) is 2.81. The molecule has 1 nitrogen and oxygen atoms in total. The fraction of sp³-hybridized carbons (Fsp3) is 0.375. The molecule has 5 heteroatoms. The van der Waals surface area contributed by atoms with E-state index in [0.717, 1.165) is 21.7 Å². The summed E-state index contributed by atoms with van der Waals surface area (Å²) >= 11 is 16.4. The largest absolute Gasteiger partial charge is 0.247 e. The summed E-state index contributed by atoms with van der Waals surface area (Å²) in [7, 11) is 0. The average Bonchev–Trinajstić information content (AvgIpc) is 2.09. The van der Waals surface area contributed by atoms with E-state index in [4.69, 9.17) is 23.2 Å². The van der Waals surface area contributed by atoms with Crippen molar-refractivity contribution in [3.63, 3.8) is 0 Å². The van der Waals surface area contributed by atoms with Gasteiger partial charge in [-0.1, -0.05) is 11.6 Å². The Morgan fingerprint density at radius 1 is 1.54 bits per heavy atom. The number of halogens is 3. The molecule has 1 aromatic rings. The minimum atomic E-state index is 0.647. The summed E-state index contributed by atoms with van der Waals surface area (Å²) < 4.78 is 0.944. The van der Waals surface area contributed by atoms with Gasteiger partial charge in [-0.2, -0.15) is 0 Å². The third-order valence-electron chi connectivity index (χ3n) is 1.29. The van der Waals surface area contributed by atoms with Gasteiger partial charge in [0.05, 0.1) is 9.50 Å². The molecule has 1 aromatic heterocycles. The average molecular weight is 301 g/mol. The van der Waals surface area contributed by atoms with E-state index in [9.17, 15) is 0 Å². The Morgan fingerprint density at radius 2 is 2.31 bits per heavy atom. The van der Waals surface area contributed by atoms with Crippen LogP contribution in [-0.4, -0.2) is 16.6 Å². The zero-order valence-electron chi connectivity index (χ0n) is 6.77. The quantitative estimate of drug-likeness (QED) is 0.469. The number of aromatic nitrogens is 1. The molecule has 0 atom stereocenters. The summed E-state index contributed by atoms with van der Waals surface area (Å²) in [5.41, 5.74) is 0. The Kier molecular flexibility index (Phi) is 5.48. The highest BCUT2D eigenvalue weighted by molar-refractivity contribution is 9.10. The topological polar surface area (TPSA) is 12.9 Å². The lowest BCUT2D eigenvalue weighted by molar-refractivity contribution is 1.08. The maximum atomic E-state index is 5.76. The van der Waals surface area contributed by atoms with E-state index in [1.807, 2.05) is 6.07 Å². The number of pyridine rings is 1. The Hall–Kier alpha value is 0.560. The van der Waals surface area contributed by atoms with E-state index < -0.39 is 0 Å². The molecule has 0 aliphatic heterocycles. The maximum absolute atomic E-state index is 5.76. The number of rotatable bonds is 4. The van der Waals surface area contributed by atoms with Crippen LogP contribution < -0.4 is 0 Å². The highest BCUT2D eigenvalue weighted by atomic mass is 79.9. The highest BCUT2D eigenvalue weighted by Gasteiger charge is 2.02. The predicted molar refractivity (Wildman–Crippen MR) is 63.0 cm³/mol. The van der Waals surface area contributed by atoms with E-state index in [0.29, 0.717) is 10.9 Å². The first-order valence-corrected chi connectivity index (χ1v) is 6.43. The van der Waals surface area contributed by atoms with Crippen molar-refractivity contribution in [2.45, 2.75) is 11.4 Å². The third kappa shape index (κ3) is 4.07. The molecule has 1 rings (SSSR count). The van der Waals surface area contributed by atoms with Crippen molar-refractivity contribution in [3.8, 4) is 0 Å². The smallest absolute Gasteiger partial charge is 0.110 e. The maximum Gasteiger partial charge on any atom is 0.110 e. The zero-order chi connectivity index (χ0) is 9.68. The van der Waals surface area contributed by atoms with Gasteiger partial charge in [0.2, 0.25) is 0 Å². The molecule has 0 radical (unpaired) electrons. The van der Waals surface area contributed by atoms with Gasteiger partial charge in [-0.15, -0.1) is 23.4 Å². The van der Waals surface area contributed by atoms with Crippen LogP contribution in [0.25, 0.3) is 0 Å². The van der Waals surface area contributed by atoms with Gasteiger partial charge >= 0.3 is 0 Å².